The number of hydrogen-bond donors (Lipinski definition) is 0. The summed E-state index contributed by atoms with van der Waals surface area (Å²) < 4.78 is 28.9. The molecule has 120 valence electrons. The Morgan fingerprint density at radius 1 is 1.10 bits per heavy atom. The van der Waals surface area contributed by atoms with Crippen LogP contribution in [0.15, 0.2) is 23.1 Å². The Bertz CT molecular complexity index is 593. The van der Waals surface area contributed by atoms with Crippen LogP contribution in [0, 0.1) is 5.41 Å². The van der Waals surface area contributed by atoms with Gasteiger partial charge in [0.15, 0.2) is 0 Å². The molecule has 0 radical (unpaired) electrons. The lowest BCUT2D eigenvalue weighted by Gasteiger charge is -2.24. The third-order valence-electron chi connectivity index (χ3n) is 3.15. The summed E-state index contributed by atoms with van der Waals surface area (Å²) in [5.74, 6) is 0.718. The Balaban J connectivity index is 3.10. The van der Waals surface area contributed by atoms with Crippen molar-refractivity contribution in [2.24, 2.45) is 5.41 Å². The van der Waals surface area contributed by atoms with E-state index in [0.717, 1.165) is 17.7 Å². The quantitative estimate of drug-likeness (QED) is 0.749. The Kier molecular flexibility index (Phi) is 5.38. The highest BCUT2D eigenvalue weighted by Gasteiger charge is 2.23. The van der Waals surface area contributed by atoms with Crippen molar-refractivity contribution in [3.63, 3.8) is 0 Å². The molecular weight excluding hydrogens is 308 g/mol. The predicted octanol–water partition coefficient (Wildman–Crippen LogP) is 4.73. The summed E-state index contributed by atoms with van der Waals surface area (Å²) in [5, 5.41) is 0. The van der Waals surface area contributed by atoms with Gasteiger partial charge >= 0.3 is 0 Å². The van der Waals surface area contributed by atoms with Gasteiger partial charge in [0.1, 0.15) is 5.75 Å². The molecule has 0 saturated heterocycles. The standard InChI is InChI=1S/C16H25ClO3S/c1-15(2,3)9-10-20-14-8-7-12(21(17,18)19)11-13(14)16(4,5)6/h7-8,11H,9-10H2,1-6H3. The second kappa shape index (κ2) is 6.17. The first-order valence-corrected chi connectivity index (χ1v) is 9.34. The first kappa shape index (κ1) is 18.3. The highest BCUT2D eigenvalue weighted by Crippen LogP contribution is 2.34. The normalized spacial score (nSPS) is 13.3. The van der Waals surface area contributed by atoms with E-state index in [9.17, 15) is 8.42 Å². The molecule has 0 atom stereocenters. The molecule has 0 bridgehead atoms. The van der Waals surface area contributed by atoms with Crippen molar-refractivity contribution in [3.8, 4) is 5.75 Å². The molecule has 0 saturated carbocycles. The Labute approximate surface area is 133 Å². The summed E-state index contributed by atoms with van der Waals surface area (Å²) in [6, 6.07) is 4.79. The van der Waals surface area contributed by atoms with Gasteiger partial charge in [-0.3, -0.25) is 0 Å². The van der Waals surface area contributed by atoms with E-state index in [1.54, 1.807) is 12.1 Å². The molecule has 0 aliphatic rings. The minimum absolute atomic E-state index is 0.109. The fraction of sp³-hybridized carbons (Fsp3) is 0.625. The Morgan fingerprint density at radius 3 is 2.10 bits per heavy atom. The summed E-state index contributed by atoms with van der Waals surface area (Å²) in [7, 11) is 1.70. The molecular formula is C16H25ClO3S. The van der Waals surface area contributed by atoms with Crippen LogP contribution < -0.4 is 4.74 Å². The van der Waals surface area contributed by atoms with Crippen molar-refractivity contribution in [2.45, 2.75) is 58.3 Å². The Morgan fingerprint density at radius 2 is 1.67 bits per heavy atom. The molecule has 5 heteroatoms. The van der Waals surface area contributed by atoms with Gasteiger partial charge in [-0.1, -0.05) is 41.5 Å². The van der Waals surface area contributed by atoms with E-state index in [0.29, 0.717) is 6.61 Å². The molecule has 0 unspecified atom stereocenters. The summed E-state index contributed by atoms with van der Waals surface area (Å²) in [6.45, 7) is 13.1. The van der Waals surface area contributed by atoms with Crippen molar-refractivity contribution in [3.05, 3.63) is 23.8 Å². The highest BCUT2D eigenvalue weighted by atomic mass is 35.7. The molecule has 0 N–H and O–H groups in total. The van der Waals surface area contributed by atoms with Gasteiger partial charge in [-0.2, -0.15) is 0 Å². The lowest BCUT2D eigenvalue weighted by atomic mass is 9.86. The molecule has 0 heterocycles. The van der Waals surface area contributed by atoms with Crippen molar-refractivity contribution in [2.75, 3.05) is 6.61 Å². The SMILES string of the molecule is CC(C)(C)CCOc1ccc(S(=O)(=O)Cl)cc1C(C)(C)C. The molecule has 0 aromatic heterocycles. The summed E-state index contributed by atoms with van der Waals surface area (Å²) >= 11 is 0. The highest BCUT2D eigenvalue weighted by molar-refractivity contribution is 8.13. The first-order chi connectivity index (χ1) is 9.31. The van der Waals surface area contributed by atoms with E-state index in [1.165, 1.54) is 6.07 Å². The fourth-order valence-electron chi connectivity index (χ4n) is 1.84. The van der Waals surface area contributed by atoms with Crippen LogP contribution >= 0.6 is 10.7 Å². The van der Waals surface area contributed by atoms with Crippen LogP contribution in [0.1, 0.15) is 53.5 Å². The lowest BCUT2D eigenvalue weighted by molar-refractivity contribution is 0.239. The van der Waals surface area contributed by atoms with E-state index >= 15 is 0 Å². The molecule has 1 aromatic carbocycles. The van der Waals surface area contributed by atoms with Gasteiger partial charge in [0.05, 0.1) is 11.5 Å². The molecule has 0 aliphatic heterocycles. The zero-order valence-corrected chi connectivity index (χ0v) is 15.2. The van der Waals surface area contributed by atoms with E-state index in [4.69, 9.17) is 15.4 Å². The number of benzene rings is 1. The first-order valence-electron chi connectivity index (χ1n) is 7.03. The van der Waals surface area contributed by atoms with E-state index in [-0.39, 0.29) is 15.7 Å². The minimum Gasteiger partial charge on any atom is -0.493 e. The molecule has 0 spiro atoms. The molecule has 1 rings (SSSR count). The number of rotatable bonds is 4. The topological polar surface area (TPSA) is 43.4 Å². The van der Waals surface area contributed by atoms with Crippen LogP contribution in [0.25, 0.3) is 0 Å². The maximum absolute atomic E-state index is 11.5. The van der Waals surface area contributed by atoms with E-state index < -0.39 is 9.05 Å². The maximum atomic E-state index is 11.5. The minimum atomic E-state index is -3.73. The fourth-order valence-corrected chi connectivity index (χ4v) is 2.62. The van der Waals surface area contributed by atoms with Crippen molar-refractivity contribution in [1.82, 2.24) is 0 Å². The predicted molar refractivity (Wildman–Crippen MR) is 87.7 cm³/mol. The smallest absolute Gasteiger partial charge is 0.261 e. The molecule has 1 aromatic rings. The van der Waals surface area contributed by atoms with Crippen LogP contribution in [0.4, 0.5) is 0 Å². The molecule has 3 nitrogen and oxygen atoms in total. The second-order valence-corrected chi connectivity index (χ2v) is 10.1. The maximum Gasteiger partial charge on any atom is 0.261 e. The summed E-state index contributed by atoms with van der Waals surface area (Å²) in [4.78, 5) is 0.109. The number of halogens is 1. The second-order valence-electron chi connectivity index (χ2n) is 7.50. The third kappa shape index (κ3) is 5.87. The summed E-state index contributed by atoms with van der Waals surface area (Å²) in [6.07, 6.45) is 0.923. The lowest BCUT2D eigenvalue weighted by Crippen LogP contribution is -2.16. The number of hydrogen-bond acceptors (Lipinski definition) is 3. The molecule has 0 aliphatic carbocycles. The van der Waals surface area contributed by atoms with Gasteiger partial charge in [-0.25, -0.2) is 8.42 Å². The van der Waals surface area contributed by atoms with Crippen molar-refractivity contribution >= 4 is 19.7 Å². The van der Waals surface area contributed by atoms with Gasteiger partial charge in [0, 0.05) is 16.2 Å². The van der Waals surface area contributed by atoms with Crippen molar-refractivity contribution < 1.29 is 13.2 Å². The van der Waals surface area contributed by atoms with Crippen LogP contribution in [0.3, 0.4) is 0 Å². The third-order valence-corrected chi connectivity index (χ3v) is 4.50. The Hall–Kier alpha value is -0.740. The van der Waals surface area contributed by atoms with Crippen LogP contribution in [0.2, 0.25) is 0 Å². The molecule has 0 fully saturated rings. The monoisotopic (exact) mass is 332 g/mol. The number of ether oxygens (including phenoxy) is 1. The van der Waals surface area contributed by atoms with Crippen LogP contribution in [-0.4, -0.2) is 15.0 Å². The van der Waals surface area contributed by atoms with E-state index in [2.05, 4.69) is 20.8 Å². The van der Waals surface area contributed by atoms with E-state index in [1.807, 2.05) is 20.8 Å². The van der Waals surface area contributed by atoms with Gasteiger partial charge < -0.3 is 4.74 Å². The molecule has 21 heavy (non-hydrogen) atoms. The largest absolute Gasteiger partial charge is 0.493 e. The van der Waals surface area contributed by atoms with Gasteiger partial charge in [-0.15, -0.1) is 0 Å². The van der Waals surface area contributed by atoms with Gasteiger partial charge in [-0.05, 0) is 35.4 Å². The van der Waals surface area contributed by atoms with Gasteiger partial charge in [0.2, 0.25) is 0 Å². The van der Waals surface area contributed by atoms with Crippen molar-refractivity contribution in [1.29, 1.82) is 0 Å². The van der Waals surface area contributed by atoms with Crippen LogP contribution in [-0.2, 0) is 14.5 Å². The average Bonchev–Trinajstić information content (AvgIpc) is 2.24. The zero-order chi connectivity index (χ0) is 16.5. The molecule has 0 amide bonds. The van der Waals surface area contributed by atoms with Crippen LogP contribution in [0.5, 0.6) is 5.75 Å². The van der Waals surface area contributed by atoms with Gasteiger partial charge in [0.25, 0.3) is 9.05 Å². The summed E-state index contributed by atoms with van der Waals surface area (Å²) in [5.41, 5.74) is 0.814. The average molecular weight is 333 g/mol. The zero-order valence-electron chi connectivity index (χ0n) is 13.7.